The number of fused-ring (bicyclic) bond motifs is 1. The van der Waals surface area contributed by atoms with E-state index >= 15 is 0 Å². The fourth-order valence-corrected chi connectivity index (χ4v) is 5.32. The van der Waals surface area contributed by atoms with E-state index in [1.807, 2.05) is 36.0 Å². The number of aliphatic hydroxyl groups is 1. The second-order valence-corrected chi connectivity index (χ2v) is 9.75. The van der Waals surface area contributed by atoms with Gasteiger partial charge in [0.2, 0.25) is 0 Å². The maximum atomic E-state index is 11.2. The van der Waals surface area contributed by atoms with Gasteiger partial charge < -0.3 is 19.8 Å². The molecule has 176 valence electrons. The molecule has 0 aliphatic carbocycles. The molecule has 32 heavy (non-hydrogen) atoms. The lowest BCUT2D eigenvalue weighted by molar-refractivity contribution is -0.137. The van der Waals surface area contributed by atoms with Gasteiger partial charge in [-0.3, -0.25) is 9.78 Å². The van der Waals surface area contributed by atoms with Gasteiger partial charge in [0.25, 0.3) is 0 Å². The van der Waals surface area contributed by atoms with Crippen LogP contribution in [0.1, 0.15) is 50.2 Å². The number of aromatic nitrogens is 1. The number of aliphatic carboxylic acids is 1. The van der Waals surface area contributed by atoms with Crippen molar-refractivity contribution in [1.29, 1.82) is 0 Å². The lowest BCUT2D eigenvalue weighted by Crippen LogP contribution is -2.41. The summed E-state index contributed by atoms with van der Waals surface area (Å²) >= 11 is 1.87. The average Bonchev–Trinajstić information content (AvgIpc) is 2.81. The van der Waals surface area contributed by atoms with Gasteiger partial charge in [-0.05, 0) is 98.9 Å². The molecule has 3 atom stereocenters. The van der Waals surface area contributed by atoms with E-state index in [4.69, 9.17) is 4.74 Å². The Hall–Kier alpha value is -1.83. The van der Waals surface area contributed by atoms with Gasteiger partial charge in [0.15, 0.2) is 0 Å². The first-order chi connectivity index (χ1) is 15.5. The van der Waals surface area contributed by atoms with E-state index in [1.54, 1.807) is 13.3 Å². The number of ether oxygens (including phenoxy) is 1. The minimum atomic E-state index is -0.722. The smallest absolute Gasteiger partial charge is 0.303 e. The zero-order valence-corrected chi connectivity index (χ0v) is 20.0. The van der Waals surface area contributed by atoms with Gasteiger partial charge in [0.1, 0.15) is 5.75 Å². The molecule has 2 N–H and O–H groups in total. The first-order valence-corrected chi connectivity index (χ1v) is 12.9. The summed E-state index contributed by atoms with van der Waals surface area (Å²) in [4.78, 5) is 18.1. The van der Waals surface area contributed by atoms with Crippen molar-refractivity contribution < 1.29 is 19.7 Å². The van der Waals surface area contributed by atoms with Gasteiger partial charge >= 0.3 is 5.97 Å². The Morgan fingerprint density at radius 3 is 2.91 bits per heavy atom. The predicted molar refractivity (Wildman–Crippen MR) is 130 cm³/mol. The van der Waals surface area contributed by atoms with Crippen molar-refractivity contribution in [3.05, 3.63) is 36.0 Å². The number of nitrogens with zero attached hydrogens (tertiary/aromatic N) is 2. The highest BCUT2D eigenvalue weighted by molar-refractivity contribution is 7.98. The SMILES string of the molecule is COc1ccc2nccc(C(O)CC[C@@H]3CCN(CCCSC)C[C@@H]3CCC(=O)O)c2c1. The molecule has 1 unspecified atom stereocenters. The normalized spacial score (nSPS) is 20.3. The van der Waals surface area contributed by atoms with Crippen molar-refractivity contribution in [2.75, 3.05) is 38.8 Å². The topological polar surface area (TPSA) is 82.9 Å². The van der Waals surface area contributed by atoms with Gasteiger partial charge in [-0.25, -0.2) is 0 Å². The van der Waals surface area contributed by atoms with Crippen molar-refractivity contribution in [1.82, 2.24) is 9.88 Å². The number of hydrogen-bond donors (Lipinski definition) is 2. The highest BCUT2D eigenvalue weighted by Crippen LogP contribution is 2.35. The number of thioether (sulfide) groups is 1. The van der Waals surface area contributed by atoms with Crippen molar-refractivity contribution in [3.63, 3.8) is 0 Å². The van der Waals surface area contributed by atoms with Crippen LogP contribution < -0.4 is 4.74 Å². The van der Waals surface area contributed by atoms with Crippen molar-refractivity contribution >= 4 is 28.6 Å². The largest absolute Gasteiger partial charge is 0.497 e. The molecule has 1 aromatic carbocycles. The summed E-state index contributed by atoms with van der Waals surface area (Å²) in [6.07, 6.45) is 8.05. The Kier molecular flexibility index (Phi) is 9.63. The molecule has 6 nitrogen and oxygen atoms in total. The lowest BCUT2D eigenvalue weighted by atomic mass is 9.79. The van der Waals surface area contributed by atoms with E-state index in [0.29, 0.717) is 24.7 Å². The second-order valence-electron chi connectivity index (χ2n) is 8.76. The Labute approximate surface area is 195 Å². The van der Waals surface area contributed by atoms with Crippen LogP contribution in [0.4, 0.5) is 0 Å². The zero-order valence-electron chi connectivity index (χ0n) is 19.2. The Balaban J connectivity index is 1.64. The van der Waals surface area contributed by atoms with Crippen LogP contribution in [0, 0.1) is 11.8 Å². The van der Waals surface area contributed by atoms with Crippen molar-refractivity contribution in [2.24, 2.45) is 11.8 Å². The summed E-state index contributed by atoms with van der Waals surface area (Å²) in [5.74, 6) is 2.01. The first kappa shape index (κ1) is 24.8. The molecule has 1 aromatic heterocycles. The number of pyridine rings is 1. The maximum Gasteiger partial charge on any atom is 0.303 e. The van der Waals surface area contributed by atoms with Gasteiger partial charge in [-0.2, -0.15) is 11.8 Å². The van der Waals surface area contributed by atoms with Gasteiger partial charge in [-0.1, -0.05) is 0 Å². The number of rotatable bonds is 12. The molecule has 0 radical (unpaired) electrons. The monoisotopic (exact) mass is 460 g/mol. The lowest BCUT2D eigenvalue weighted by Gasteiger charge is -2.39. The highest BCUT2D eigenvalue weighted by Gasteiger charge is 2.30. The summed E-state index contributed by atoms with van der Waals surface area (Å²) in [5.41, 5.74) is 1.73. The molecule has 0 amide bonds. The predicted octanol–water partition coefficient (Wildman–Crippen LogP) is 4.61. The number of aliphatic hydroxyl groups excluding tert-OH is 1. The van der Waals surface area contributed by atoms with Crippen LogP contribution in [0.5, 0.6) is 5.75 Å². The van der Waals surface area contributed by atoms with E-state index in [1.165, 1.54) is 6.42 Å². The number of carboxylic acids is 1. The number of likely N-dealkylation sites (tertiary alicyclic amines) is 1. The van der Waals surface area contributed by atoms with Crippen molar-refractivity contribution in [2.45, 2.75) is 44.6 Å². The van der Waals surface area contributed by atoms with Crippen LogP contribution in [-0.4, -0.2) is 64.8 Å². The molecule has 3 rings (SSSR count). The number of piperidine rings is 1. The number of benzene rings is 1. The number of carboxylic acid groups (broad SMARTS) is 1. The molecule has 0 saturated carbocycles. The van der Waals surface area contributed by atoms with Gasteiger partial charge in [0, 0.05) is 24.5 Å². The minimum absolute atomic E-state index is 0.219. The number of hydrogen-bond acceptors (Lipinski definition) is 6. The molecule has 1 aliphatic heterocycles. The fraction of sp³-hybridized carbons (Fsp3) is 0.600. The summed E-state index contributed by atoms with van der Waals surface area (Å²) in [5, 5.41) is 21.2. The molecule has 1 saturated heterocycles. The summed E-state index contributed by atoms with van der Waals surface area (Å²) < 4.78 is 5.35. The Bertz CT molecular complexity index is 878. The minimum Gasteiger partial charge on any atom is -0.497 e. The van der Waals surface area contributed by atoms with Crippen LogP contribution in [0.15, 0.2) is 30.5 Å². The van der Waals surface area contributed by atoms with Crippen LogP contribution in [0.25, 0.3) is 10.9 Å². The first-order valence-electron chi connectivity index (χ1n) is 11.6. The van der Waals surface area contributed by atoms with E-state index in [-0.39, 0.29) is 6.42 Å². The van der Waals surface area contributed by atoms with Gasteiger partial charge in [-0.15, -0.1) is 0 Å². The molecular formula is C25H36N2O4S. The van der Waals surface area contributed by atoms with Crippen molar-refractivity contribution in [3.8, 4) is 5.75 Å². The quantitative estimate of drug-likeness (QED) is 0.448. The van der Waals surface area contributed by atoms with Crippen LogP contribution in [0.2, 0.25) is 0 Å². The van der Waals surface area contributed by atoms with E-state index in [9.17, 15) is 15.0 Å². The molecule has 7 heteroatoms. The van der Waals surface area contributed by atoms with Crippen LogP contribution >= 0.6 is 11.8 Å². The van der Waals surface area contributed by atoms with Crippen LogP contribution in [-0.2, 0) is 4.79 Å². The highest BCUT2D eigenvalue weighted by atomic mass is 32.2. The number of carbonyl (C=O) groups is 1. The molecule has 1 fully saturated rings. The third kappa shape index (κ3) is 6.83. The van der Waals surface area contributed by atoms with E-state index in [0.717, 1.165) is 60.4 Å². The summed E-state index contributed by atoms with van der Waals surface area (Å²) in [6.45, 7) is 3.12. The molecule has 0 spiro atoms. The Morgan fingerprint density at radius 2 is 2.16 bits per heavy atom. The standard InChI is InChI=1S/C25H36N2O4S/c1-31-20-6-7-23-22(16-20)21(10-12-26-23)24(28)8-4-18-11-14-27(13-3-15-32-2)17-19(18)5-9-25(29)30/h6-7,10,12,16,18-19,24,28H,3-5,8-9,11,13-15,17H2,1-2H3,(H,29,30)/t18-,19+,24?/m1/s1. The maximum absolute atomic E-state index is 11.2. The molecule has 2 aromatic rings. The molecule has 2 heterocycles. The third-order valence-electron chi connectivity index (χ3n) is 6.68. The molecule has 1 aliphatic rings. The zero-order chi connectivity index (χ0) is 22.9. The molecular weight excluding hydrogens is 424 g/mol. The van der Waals surface area contributed by atoms with Crippen LogP contribution in [0.3, 0.4) is 0 Å². The molecule has 0 bridgehead atoms. The summed E-state index contributed by atoms with van der Waals surface area (Å²) in [7, 11) is 1.64. The number of methoxy groups -OCH3 is 1. The summed E-state index contributed by atoms with van der Waals surface area (Å²) in [6, 6.07) is 7.62. The van der Waals surface area contributed by atoms with E-state index < -0.39 is 12.1 Å². The second kappa shape index (κ2) is 12.4. The third-order valence-corrected chi connectivity index (χ3v) is 7.38. The Morgan fingerprint density at radius 1 is 1.31 bits per heavy atom. The van der Waals surface area contributed by atoms with Gasteiger partial charge in [0.05, 0.1) is 18.7 Å². The fourth-order valence-electron chi connectivity index (χ4n) is 4.90. The average molecular weight is 461 g/mol. The van der Waals surface area contributed by atoms with E-state index in [2.05, 4.69) is 16.1 Å².